The molecular formula is C11H14O2S. The smallest absolute Gasteiger partial charge is 0.219 e. The van der Waals surface area contributed by atoms with E-state index in [0.29, 0.717) is 0 Å². The molecule has 0 bridgehead atoms. The molecule has 0 aromatic heterocycles. The van der Waals surface area contributed by atoms with Crippen molar-refractivity contribution in [1.29, 1.82) is 0 Å². The Bertz CT molecular complexity index is 434. The van der Waals surface area contributed by atoms with E-state index in [1.807, 2.05) is 0 Å². The summed E-state index contributed by atoms with van der Waals surface area (Å²) < 4.78 is 20.7. The topological polar surface area (TPSA) is 37.3 Å². The van der Waals surface area contributed by atoms with Crippen molar-refractivity contribution in [1.82, 2.24) is 0 Å². The molecule has 1 atom stereocenters. The van der Waals surface area contributed by atoms with Gasteiger partial charge in [0.2, 0.25) is 5.12 Å². The average Bonchev–Trinajstić information content (AvgIpc) is 2.35. The van der Waals surface area contributed by atoms with Crippen LogP contribution in [0.15, 0.2) is 35.6 Å². The Balaban J connectivity index is 3.31. The predicted octanol–water partition coefficient (Wildman–Crippen LogP) is 2.98. The van der Waals surface area contributed by atoms with E-state index >= 15 is 0 Å². The number of aliphatic hydroxyl groups is 1. The van der Waals surface area contributed by atoms with Gasteiger partial charge in [0.25, 0.3) is 0 Å². The Labute approximate surface area is 92.6 Å². The molecule has 2 nitrogen and oxygen atoms in total. The minimum Gasteiger partial charge on any atom is -0.510 e. The summed E-state index contributed by atoms with van der Waals surface area (Å²) in [5, 5.41) is 9.36. The minimum absolute atomic E-state index is 0.381. The van der Waals surface area contributed by atoms with Crippen molar-refractivity contribution in [3.8, 4) is 0 Å². The van der Waals surface area contributed by atoms with Gasteiger partial charge in [0.1, 0.15) is 5.76 Å². The summed E-state index contributed by atoms with van der Waals surface area (Å²) in [6.45, 7) is 4.37. The van der Waals surface area contributed by atoms with Gasteiger partial charge < -0.3 is 5.11 Å². The number of allylic oxidation sites excluding steroid dienone is 2. The molecule has 0 unspecified atom stereocenters. The first kappa shape index (κ1) is 7.35. The second-order valence-corrected chi connectivity index (χ2v) is 4.74. The second kappa shape index (κ2) is 3.65. The lowest BCUT2D eigenvalue weighted by Gasteiger charge is -2.18. The molecule has 0 saturated heterocycles. The van der Waals surface area contributed by atoms with Gasteiger partial charge in [0.15, 0.2) is 0 Å². The molecule has 0 aliphatic carbocycles. The molecule has 1 aliphatic heterocycles. The number of aliphatic hydroxyl groups excluding tert-OH is 1. The molecule has 0 spiro atoms. The molecular weight excluding hydrogens is 196 g/mol. The zero-order valence-electron chi connectivity index (χ0n) is 11.1. The van der Waals surface area contributed by atoms with Crippen molar-refractivity contribution in [2.24, 2.45) is 0 Å². The zero-order chi connectivity index (χ0) is 13.4. The van der Waals surface area contributed by atoms with Gasteiger partial charge in [-0.05, 0) is 20.7 Å². The summed E-state index contributed by atoms with van der Waals surface area (Å²) in [5.41, 5.74) is 0.296. The summed E-state index contributed by atoms with van der Waals surface area (Å²) in [7, 11) is 0. The first-order valence-corrected chi connectivity index (χ1v) is 4.93. The summed E-state index contributed by atoms with van der Waals surface area (Å²) in [5.74, 6) is -0.381. The van der Waals surface area contributed by atoms with Crippen LogP contribution < -0.4 is 0 Å². The Morgan fingerprint density at radius 1 is 1.79 bits per heavy atom. The maximum Gasteiger partial charge on any atom is 0.219 e. The van der Waals surface area contributed by atoms with E-state index in [9.17, 15) is 9.90 Å². The Kier molecular flexibility index (Phi) is 1.92. The third-order valence-corrected chi connectivity index (χ3v) is 3.17. The maximum atomic E-state index is 11.6. The van der Waals surface area contributed by atoms with Gasteiger partial charge in [-0.25, -0.2) is 0 Å². The first-order valence-electron chi connectivity index (χ1n) is 5.61. The quantitative estimate of drug-likeness (QED) is 0.716. The highest BCUT2D eigenvalue weighted by molar-refractivity contribution is 8.16. The second-order valence-electron chi connectivity index (χ2n) is 3.31. The molecule has 0 radical (unpaired) electrons. The van der Waals surface area contributed by atoms with Crippen LogP contribution in [-0.4, -0.2) is 15.0 Å². The van der Waals surface area contributed by atoms with E-state index in [1.165, 1.54) is 0 Å². The number of hydrogen-bond acceptors (Lipinski definition) is 3. The third kappa shape index (κ3) is 1.77. The van der Waals surface area contributed by atoms with Gasteiger partial charge in [-0.2, -0.15) is 0 Å². The lowest BCUT2D eigenvalue weighted by atomic mass is 10.0. The normalized spacial score (nSPS) is 32.6. The van der Waals surface area contributed by atoms with Crippen LogP contribution in [0.25, 0.3) is 0 Å². The van der Waals surface area contributed by atoms with Crippen LogP contribution in [0.4, 0.5) is 0 Å². The van der Waals surface area contributed by atoms with E-state index in [2.05, 4.69) is 6.58 Å². The third-order valence-electron chi connectivity index (χ3n) is 2.04. The molecule has 14 heavy (non-hydrogen) atoms. The summed E-state index contributed by atoms with van der Waals surface area (Å²) in [4.78, 5) is 11.6. The Morgan fingerprint density at radius 2 is 2.43 bits per heavy atom. The molecule has 0 amide bonds. The van der Waals surface area contributed by atoms with E-state index < -0.39 is 22.3 Å². The van der Waals surface area contributed by atoms with Crippen LogP contribution in [0, 0.1) is 0 Å². The SMILES string of the molecule is [2H]C([2H])([2H])C1=C(O)[C@@](C)(/C=C(\C)C=C)SC1=O. The van der Waals surface area contributed by atoms with Crippen molar-refractivity contribution in [2.45, 2.75) is 25.4 Å². The van der Waals surface area contributed by atoms with Crippen molar-refractivity contribution in [2.75, 3.05) is 0 Å². The number of rotatable bonds is 2. The highest BCUT2D eigenvalue weighted by Gasteiger charge is 2.39. The van der Waals surface area contributed by atoms with Crippen LogP contribution in [0.1, 0.15) is 24.8 Å². The standard InChI is InChI=1S/C11H14O2S/c1-5-7(2)6-11(4)9(12)8(3)10(13)14-11/h5-6,12H,1H2,2-4H3/b7-6+/t11-/m1/s1/i3D3. The van der Waals surface area contributed by atoms with Crippen LogP contribution in [0.5, 0.6) is 0 Å². The van der Waals surface area contributed by atoms with Gasteiger partial charge in [-0.1, -0.05) is 36.1 Å². The molecule has 1 aliphatic rings. The maximum absolute atomic E-state index is 11.6. The van der Waals surface area contributed by atoms with E-state index in [1.54, 1.807) is 26.0 Å². The molecule has 3 heteroatoms. The van der Waals surface area contributed by atoms with Crippen molar-refractivity contribution in [3.05, 3.63) is 35.6 Å². The minimum atomic E-state index is -2.58. The van der Waals surface area contributed by atoms with Gasteiger partial charge >= 0.3 is 0 Å². The summed E-state index contributed by atoms with van der Waals surface area (Å²) >= 11 is 0.807. The molecule has 1 rings (SSSR count). The molecule has 1 heterocycles. The number of hydrogen-bond donors (Lipinski definition) is 1. The highest BCUT2D eigenvalue weighted by atomic mass is 32.2. The van der Waals surface area contributed by atoms with Gasteiger partial charge in [0.05, 0.1) is 4.75 Å². The number of carbonyl (C=O) groups is 1. The van der Waals surface area contributed by atoms with Crippen molar-refractivity contribution >= 4 is 16.9 Å². The highest BCUT2D eigenvalue weighted by Crippen LogP contribution is 2.43. The fourth-order valence-corrected chi connectivity index (χ4v) is 2.26. The fraction of sp³-hybridized carbons (Fsp3) is 0.364. The fourth-order valence-electron chi connectivity index (χ4n) is 1.23. The van der Waals surface area contributed by atoms with Crippen LogP contribution in [0.3, 0.4) is 0 Å². The summed E-state index contributed by atoms with van der Waals surface area (Å²) in [6.07, 6.45) is 3.22. The van der Waals surface area contributed by atoms with Crippen molar-refractivity contribution < 1.29 is 14.0 Å². The molecule has 0 aromatic rings. The largest absolute Gasteiger partial charge is 0.510 e. The number of thioether (sulfide) groups is 1. The summed E-state index contributed by atoms with van der Waals surface area (Å²) in [6, 6.07) is 0. The molecule has 0 aromatic carbocycles. The lowest BCUT2D eigenvalue weighted by molar-refractivity contribution is -0.107. The Hall–Kier alpha value is -0.960. The molecule has 0 saturated carbocycles. The van der Waals surface area contributed by atoms with Crippen LogP contribution >= 0.6 is 11.8 Å². The predicted molar refractivity (Wildman–Crippen MR) is 60.3 cm³/mol. The van der Waals surface area contributed by atoms with E-state index in [0.717, 1.165) is 17.3 Å². The van der Waals surface area contributed by atoms with Crippen LogP contribution in [0.2, 0.25) is 0 Å². The van der Waals surface area contributed by atoms with Gasteiger partial charge in [-0.15, -0.1) is 0 Å². The Morgan fingerprint density at radius 3 is 2.86 bits per heavy atom. The van der Waals surface area contributed by atoms with Gasteiger partial charge in [0, 0.05) is 9.69 Å². The first-order chi connectivity index (χ1) is 7.62. The average molecular weight is 213 g/mol. The zero-order valence-corrected chi connectivity index (χ0v) is 8.94. The monoisotopic (exact) mass is 213 g/mol. The number of carbonyl (C=O) groups excluding carboxylic acids is 1. The van der Waals surface area contributed by atoms with Crippen LogP contribution in [-0.2, 0) is 4.79 Å². The van der Waals surface area contributed by atoms with Crippen molar-refractivity contribution in [3.63, 3.8) is 0 Å². The van der Waals surface area contributed by atoms with E-state index in [-0.39, 0.29) is 5.76 Å². The molecule has 76 valence electrons. The molecule has 1 N–H and O–H groups in total. The van der Waals surface area contributed by atoms with Gasteiger partial charge in [-0.3, -0.25) is 4.79 Å². The lowest BCUT2D eigenvalue weighted by Crippen LogP contribution is -2.17. The van der Waals surface area contributed by atoms with E-state index in [4.69, 9.17) is 4.11 Å². The molecule has 0 fully saturated rings.